The van der Waals surface area contributed by atoms with Gasteiger partial charge in [0.25, 0.3) is 6.01 Å². The number of anilines is 1. The molecule has 1 aliphatic rings. The number of carboxylic acid groups (broad SMARTS) is 1. The van der Waals surface area contributed by atoms with Crippen LogP contribution in [0.4, 0.5) is 6.01 Å². The third-order valence-electron chi connectivity index (χ3n) is 3.43. The third-order valence-corrected chi connectivity index (χ3v) is 5.25. The zero-order chi connectivity index (χ0) is 15.0. The van der Waals surface area contributed by atoms with Crippen LogP contribution in [-0.4, -0.2) is 42.0 Å². The summed E-state index contributed by atoms with van der Waals surface area (Å²) in [6.07, 6.45) is 1.35. The first kappa shape index (κ1) is 13.9. The van der Waals surface area contributed by atoms with Gasteiger partial charge in [-0.1, -0.05) is 0 Å². The number of fused-ring (bicyclic) bond motifs is 1. The van der Waals surface area contributed by atoms with Crippen LogP contribution in [0.3, 0.4) is 0 Å². The van der Waals surface area contributed by atoms with Crippen LogP contribution < -0.4 is 5.32 Å². The molecule has 0 radical (unpaired) electrons. The Balaban J connectivity index is 1.83. The van der Waals surface area contributed by atoms with Crippen LogP contribution in [0.1, 0.15) is 23.2 Å². The molecule has 2 aromatic rings. The Hall–Kier alpha value is -2.09. The molecule has 8 heteroatoms. The molecule has 1 unspecified atom stereocenters. The number of benzene rings is 1. The van der Waals surface area contributed by atoms with E-state index in [-0.39, 0.29) is 29.1 Å². The second kappa shape index (κ2) is 5.03. The van der Waals surface area contributed by atoms with Crippen molar-refractivity contribution in [2.45, 2.75) is 18.9 Å². The summed E-state index contributed by atoms with van der Waals surface area (Å²) in [6, 6.07) is 4.39. The number of aromatic nitrogens is 1. The monoisotopic (exact) mass is 310 g/mol. The topological polar surface area (TPSA) is 109 Å². The number of aromatic carboxylic acids is 1. The predicted molar refractivity (Wildman–Crippen MR) is 76.3 cm³/mol. The summed E-state index contributed by atoms with van der Waals surface area (Å²) in [7, 11) is -3.01. The fourth-order valence-electron chi connectivity index (χ4n) is 2.43. The number of hydrogen-bond donors (Lipinski definition) is 2. The van der Waals surface area contributed by atoms with E-state index in [0.717, 1.165) is 6.42 Å². The molecular formula is C13H14N2O5S. The van der Waals surface area contributed by atoms with E-state index in [1.807, 2.05) is 0 Å². The smallest absolute Gasteiger partial charge is 0.335 e. The second-order valence-corrected chi connectivity index (χ2v) is 7.33. The van der Waals surface area contributed by atoms with Crippen LogP contribution >= 0.6 is 0 Å². The fourth-order valence-corrected chi connectivity index (χ4v) is 4.07. The van der Waals surface area contributed by atoms with E-state index < -0.39 is 15.8 Å². The van der Waals surface area contributed by atoms with Crippen molar-refractivity contribution >= 4 is 32.9 Å². The highest BCUT2D eigenvalue weighted by molar-refractivity contribution is 7.91. The largest absolute Gasteiger partial charge is 0.478 e. The van der Waals surface area contributed by atoms with Gasteiger partial charge in [-0.3, -0.25) is 0 Å². The Kier molecular flexibility index (Phi) is 3.32. The van der Waals surface area contributed by atoms with Crippen LogP contribution in [0.25, 0.3) is 11.1 Å². The molecule has 0 aliphatic carbocycles. The number of oxazole rings is 1. The number of carboxylic acids is 1. The molecule has 1 aromatic heterocycles. The number of sulfone groups is 1. The summed E-state index contributed by atoms with van der Waals surface area (Å²) in [5.74, 6) is -0.756. The molecule has 1 saturated heterocycles. The predicted octanol–water partition coefficient (Wildman–Crippen LogP) is 1.52. The number of nitrogens with one attached hydrogen (secondary N) is 1. The van der Waals surface area contributed by atoms with Crippen LogP contribution in [0, 0.1) is 0 Å². The normalized spacial score (nSPS) is 21.2. The number of nitrogens with zero attached hydrogens (tertiary/aromatic N) is 1. The zero-order valence-corrected chi connectivity index (χ0v) is 11.9. The molecule has 1 atom stereocenters. The number of rotatable bonds is 3. The van der Waals surface area contributed by atoms with Gasteiger partial charge in [-0.15, -0.1) is 0 Å². The van der Waals surface area contributed by atoms with Crippen molar-refractivity contribution in [3.05, 3.63) is 23.8 Å². The van der Waals surface area contributed by atoms with Gasteiger partial charge in [0.2, 0.25) is 0 Å². The van der Waals surface area contributed by atoms with Gasteiger partial charge in [-0.25, -0.2) is 13.2 Å². The molecule has 0 bridgehead atoms. The number of carbonyl (C=O) groups is 1. The van der Waals surface area contributed by atoms with Crippen LogP contribution in [0.15, 0.2) is 22.6 Å². The molecule has 112 valence electrons. The lowest BCUT2D eigenvalue weighted by Gasteiger charge is -2.21. The van der Waals surface area contributed by atoms with E-state index in [4.69, 9.17) is 9.52 Å². The van der Waals surface area contributed by atoms with E-state index >= 15 is 0 Å². The van der Waals surface area contributed by atoms with E-state index in [1.165, 1.54) is 12.1 Å². The molecule has 0 amide bonds. The lowest BCUT2D eigenvalue weighted by molar-refractivity contribution is 0.0697. The molecule has 3 rings (SSSR count). The van der Waals surface area contributed by atoms with Crippen LogP contribution in [0.5, 0.6) is 0 Å². The average Bonchev–Trinajstić information content (AvgIpc) is 2.78. The van der Waals surface area contributed by atoms with E-state index in [2.05, 4.69) is 10.3 Å². The van der Waals surface area contributed by atoms with Crippen LogP contribution in [0.2, 0.25) is 0 Å². The molecule has 1 fully saturated rings. The minimum Gasteiger partial charge on any atom is -0.478 e. The van der Waals surface area contributed by atoms with Crippen molar-refractivity contribution < 1.29 is 22.7 Å². The van der Waals surface area contributed by atoms with Crippen molar-refractivity contribution in [2.24, 2.45) is 0 Å². The maximum atomic E-state index is 11.6. The summed E-state index contributed by atoms with van der Waals surface area (Å²) < 4.78 is 28.6. The zero-order valence-electron chi connectivity index (χ0n) is 11.1. The van der Waals surface area contributed by atoms with Crippen molar-refractivity contribution in [2.75, 3.05) is 16.8 Å². The number of hydrogen-bond acceptors (Lipinski definition) is 6. The Morgan fingerprint density at radius 1 is 1.43 bits per heavy atom. The highest BCUT2D eigenvalue weighted by atomic mass is 32.2. The molecule has 2 N–H and O–H groups in total. The third kappa shape index (κ3) is 2.99. The van der Waals surface area contributed by atoms with Gasteiger partial charge >= 0.3 is 5.97 Å². The van der Waals surface area contributed by atoms with Gasteiger partial charge in [0.1, 0.15) is 5.52 Å². The highest BCUT2D eigenvalue weighted by Gasteiger charge is 2.25. The molecular weight excluding hydrogens is 296 g/mol. The Bertz CT molecular complexity index is 796. The van der Waals surface area contributed by atoms with Crippen molar-refractivity contribution in [1.29, 1.82) is 0 Å². The van der Waals surface area contributed by atoms with E-state index in [9.17, 15) is 13.2 Å². The fraction of sp³-hybridized carbons (Fsp3) is 0.385. The Morgan fingerprint density at radius 3 is 2.95 bits per heavy atom. The van der Waals surface area contributed by atoms with Crippen molar-refractivity contribution in [3.8, 4) is 0 Å². The highest BCUT2D eigenvalue weighted by Crippen LogP contribution is 2.23. The second-order valence-electron chi connectivity index (χ2n) is 5.10. The summed E-state index contributed by atoms with van der Waals surface area (Å²) in [4.78, 5) is 15.1. The molecule has 1 aromatic carbocycles. The summed E-state index contributed by atoms with van der Waals surface area (Å²) in [5.41, 5.74) is 1.00. The Labute approximate surface area is 120 Å². The molecule has 0 spiro atoms. The average molecular weight is 310 g/mol. The van der Waals surface area contributed by atoms with E-state index in [1.54, 1.807) is 6.07 Å². The minimum atomic E-state index is -3.01. The molecule has 21 heavy (non-hydrogen) atoms. The standard InChI is InChI=1S/C13H14N2O5S/c16-12(17)8-3-4-10-11(6-8)20-13(15-10)14-9-2-1-5-21(18,19)7-9/h3-4,6,9H,1-2,5,7H2,(H,14,15)(H,16,17). The Morgan fingerprint density at radius 2 is 2.24 bits per heavy atom. The maximum Gasteiger partial charge on any atom is 0.335 e. The summed E-state index contributed by atoms with van der Waals surface area (Å²) >= 11 is 0. The maximum absolute atomic E-state index is 11.6. The van der Waals surface area contributed by atoms with Crippen LogP contribution in [-0.2, 0) is 9.84 Å². The molecule has 7 nitrogen and oxygen atoms in total. The van der Waals surface area contributed by atoms with Crippen molar-refractivity contribution in [3.63, 3.8) is 0 Å². The quantitative estimate of drug-likeness (QED) is 0.884. The van der Waals surface area contributed by atoms with Crippen molar-refractivity contribution in [1.82, 2.24) is 4.98 Å². The first-order valence-corrected chi connectivity index (χ1v) is 8.36. The lowest BCUT2D eigenvalue weighted by atomic mass is 10.2. The molecule has 0 saturated carbocycles. The van der Waals surface area contributed by atoms with Gasteiger partial charge in [-0.05, 0) is 31.0 Å². The van der Waals surface area contributed by atoms with Gasteiger partial charge in [0.15, 0.2) is 15.4 Å². The first-order valence-electron chi connectivity index (χ1n) is 6.54. The lowest BCUT2D eigenvalue weighted by Crippen LogP contribution is -2.34. The van der Waals surface area contributed by atoms with Gasteiger partial charge in [-0.2, -0.15) is 4.98 Å². The minimum absolute atomic E-state index is 0.0616. The van der Waals surface area contributed by atoms with E-state index in [0.29, 0.717) is 17.5 Å². The molecule has 2 heterocycles. The first-order chi connectivity index (χ1) is 9.93. The summed E-state index contributed by atoms with van der Waals surface area (Å²) in [5, 5.41) is 11.9. The SMILES string of the molecule is O=C(O)c1ccc2nc(NC3CCCS(=O)(=O)C3)oc2c1. The van der Waals surface area contributed by atoms with Gasteiger partial charge in [0.05, 0.1) is 17.1 Å². The molecule has 1 aliphatic heterocycles. The summed E-state index contributed by atoms with van der Waals surface area (Å²) in [6.45, 7) is 0. The van der Waals surface area contributed by atoms with Gasteiger partial charge < -0.3 is 14.8 Å². The van der Waals surface area contributed by atoms with Gasteiger partial charge in [0, 0.05) is 6.04 Å².